The predicted molar refractivity (Wildman–Crippen MR) is 84.9 cm³/mol. The molecule has 8 heteroatoms. The summed E-state index contributed by atoms with van der Waals surface area (Å²) in [4.78, 5) is 18.3. The molecule has 0 heterocycles. The van der Waals surface area contributed by atoms with Gasteiger partial charge in [-0.2, -0.15) is 0 Å². The molecule has 0 atom stereocenters. The molecule has 1 aromatic carbocycles. The highest BCUT2D eigenvalue weighted by Gasteiger charge is 2.20. The maximum absolute atomic E-state index is 12.0. The summed E-state index contributed by atoms with van der Waals surface area (Å²) >= 11 is 0. The molecule has 1 N–H and O–H groups in total. The van der Waals surface area contributed by atoms with E-state index < -0.39 is 10.0 Å². The normalized spacial score (nSPS) is 11.8. The van der Waals surface area contributed by atoms with Crippen LogP contribution in [0.25, 0.3) is 0 Å². The molecule has 0 saturated carbocycles. The van der Waals surface area contributed by atoms with Crippen LogP contribution in [0.15, 0.2) is 29.2 Å². The molecule has 2 amide bonds. The molecule has 0 bridgehead atoms. The van der Waals surface area contributed by atoms with E-state index in [4.69, 9.17) is 4.84 Å². The zero-order chi connectivity index (χ0) is 16.9. The third-order valence-corrected chi connectivity index (χ3v) is 4.68. The highest BCUT2D eigenvalue weighted by Crippen LogP contribution is 2.17. The van der Waals surface area contributed by atoms with Crippen LogP contribution >= 0.6 is 0 Å². The fourth-order valence-electron chi connectivity index (χ4n) is 1.81. The Morgan fingerprint density at radius 3 is 2.23 bits per heavy atom. The monoisotopic (exact) mass is 329 g/mol. The van der Waals surface area contributed by atoms with Crippen molar-refractivity contribution in [2.75, 3.05) is 33.1 Å². The number of hydroxylamine groups is 1. The first-order valence-corrected chi connectivity index (χ1v) is 8.27. The molecule has 0 radical (unpaired) electrons. The van der Waals surface area contributed by atoms with Gasteiger partial charge < -0.3 is 10.2 Å². The molecule has 0 aliphatic carbocycles. The lowest BCUT2D eigenvalue weighted by molar-refractivity contribution is -0.0258. The van der Waals surface area contributed by atoms with Crippen LogP contribution in [0.2, 0.25) is 0 Å². The van der Waals surface area contributed by atoms with Gasteiger partial charge in [0.2, 0.25) is 0 Å². The minimum absolute atomic E-state index is 0.0883. The van der Waals surface area contributed by atoms with Crippen LogP contribution in [-0.2, 0) is 14.9 Å². The molecule has 0 unspecified atom stereocenters. The van der Waals surface area contributed by atoms with Gasteiger partial charge in [-0.25, -0.2) is 13.2 Å². The third-order valence-electron chi connectivity index (χ3n) is 2.98. The van der Waals surface area contributed by atoms with Crippen LogP contribution in [0, 0.1) is 5.92 Å². The molecule has 1 rings (SSSR count). The first-order chi connectivity index (χ1) is 10.2. The number of hydrogen-bond acceptors (Lipinski definition) is 4. The molecule has 0 aliphatic heterocycles. The Hall–Kier alpha value is -1.64. The molecule has 124 valence electrons. The van der Waals surface area contributed by atoms with Gasteiger partial charge in [-0.3, -0.25) is 4.84 Å². The van der Waals surface area contributed by atoms with E-state index >= 15 is 0 Å². The second kappa shape index (κ2) is 7.57. The average Bonchev–Trinajstić information content (AvgIpc) is 2.46. The fraction of sp³-hybridized carbons (Fsp3) is 0.500. The van der Waals surface area contributed by atoms with Crippen molar-refractivity contribution in [3.8, 4) is 0 Å². The Balaban J connectivity index is 2.80. The van der Waals surface area contributed by atoms with E-state index in [-0.39, 0.29) is 10.9 Å². The van der Waals surface area contributed by atoms with Crippen molar-refractivity contribution >= 4 is 21.7 Å². The summed E-state index contributed by atoms with van der Waals surface area (Å²) in [6.07, 6.45) is 0. The summed E-state index contributed by atoms with van der Waals surface area (Å²) in [5, 5.41) is 2.72. The molecule has 0 aliphatic rings. The smallest absolute Gasteiger partial charge is 0.321 e. The first kappa shape index (κ1) is 18.4. The van der Waals surface area contributed by atoms with E-state index in [9.17, 15) is 13.2 Å². The molecule has 7 nitrogen and oxygen atoms in total. The molecule has 0 saturated heterocycles. The number of rotatable bonds is 6. The van der Waals surface area contributed by atoms with Crippen LogP contribution in [0.5, 0.6) is 0 Å². The van der Waals surface area contributed by atoms with Gasteiger partial charge in [-0.05, 0) is 30.2 Å². The molecule has 0 spiro atoms. The average molecular weight is 329 g/mol. The van der Waals surface area contributed by atoms with E-state index in [0.717, 1.165) is 4.47 Å². The molecule has 22 heavy (non-hydrogen) atoms. The summed E-state index contributed by atoms with van der Waals surface area (Å²) in [7, 11) is 0.617. The summed E-state index contributed by atoms with van der Waals surface area (Å²) in [6, 6.07) is 5.68. The molecule has 1 aromatic rings. The number of carbonyl (C=O) groups excluding carboxylic acids is 1. The predicted octanol–water partition coefficient (Wildman–Crippen LogP) is 1.99. The topological polar surface area (TPSA) is 79.0 Å². The second-order valence-electron chi connectivity index (χ2n) is 5.33. The SMILES string of the molecule is CON(C)S(=O)(=O)c1ccc(NC(=O)N(C)CC(C)C)cc1. The van der Waals surface area contributed by atoms with Gasteiger partial charge in [0.05, 0.1) is 12.0 Å². The Morgan fingerprint density at radius 2 is 1.77 bits per heavy atom. The molecule has 0 fully saturated rings. The van der Waals surface area contributed by atoms with E-state index in [2.05, 4.69) is 5.32 Å². The summed E-state index contributed by atoms with van der Waals surface area (Å²) in [5.74, 6) is 0.368. The second-order valence-corrected chi connectivity index (χ2v) is 7.26. The van der Waals surface area contributed by atoms with E-state index in [0.29, 0.717) is 18.2 Å². The van der Waals surface area contributed by atoms with Gasteiger partial charge in [-0.1, -0.05) is 18.3 Å². The number of anilines is 1. The van der Waals surface area contributed by atoms with Crippen molar-refractivity contribution in [2.24, 2.45) is 5.92 Å². The summed E-state index contributed by atoms with van der Waals surface area (Å²) < 4.78 is 24.8. The van der Waals surface area contributed by atoms with Gasteiger partial charge in [0.25, 0.3) is 10.0 Å². The lowest BCUT2D eigenvalue weighted by Gasteiger charge is -2.20. The number of nitrogens with one attached hydrogen (secondary N) is 1. The number of hydrogen-bond donors (Lipinski definition) is 1. The number of nitrogens with zero attached hydrogens (tertiary/aromatic N) is 2. The minimum Gasteiger partial charge on any atom is -0.327 e. The minimum atomic E-state index is -3.68. The maximum Gasteiger partial charge on any atom is 0.321 e. The zero-order valence-electron chi connectivity index (χ0n) is 13.5. The van der Waals surface area contributed by atoms with Gasteiger partial charge in [0.1, 0.15) is 0 Å². The Morgan fingerprint density at radius 1 is 1.23 bits per heavy atom. The summed E-state index contributed by atoms with van der Waals surface area (Å²) in [6.45, 7) is 4.68. The Labute approximate surface area is 131 Å². The van der Waals surface area contributed by atoms with Crippen molar-refractivity contribution in [3.63, 3.8) is 0 Å². The van der Waals surface area contributed by atoms with Crippen molar-refractivity contribution in [2.45, 2.75) is 18.7 Å². The van der Waals surface area contributed by atoms with Crippen LogP contribution in [0.4, 0.5) is 10.5 Å². The van der Waals surface area contributed by atoms with Crippen molar-refractivity contribution < 1.29 is 18.0 Å². The van der Waals surface area contributed by atoms with Crippen LogP contribution in [0.3, 0.4) is 0 Å². The van der Waals surface area contributed by atoms with E-state index in [1.165, 1.54) is 38.4 Å². The zero-order valence-corrected chi connectivity index (χ0v) is 14.3. The van der Waals surface area contributed by atoms with Crippen LogP contribution in [-0.4, -0.2) is 51.6 Å². The maximum atomic E-state index is 12.0. The molecular weight excluding hydrogens is 306 g/mol. The highest BCUT2D eigenvalue weighted by atomic mass is 32.2. The fourth-order valence-corrected chi connectivity index (χ4v) is 2.78. The van der Waals surface area contributed by atoms with Gasteiger partial charge in [0.15, 0.2) is 0 Å². The molecular formula is C14H23N3O4S. The van der Waals surface area contributed by atoms with E-state index in [1.807, 2.05) is 13.8 Å². The lowest BCUT2D eigenvalue weighted by Crippen LogP contribution is -2.34. The Kier molecular flexibility index (Phi) is 6.34. The lowest BCUT2D eigenvalue weighted by atomic mass is 10.2. The largest absolute Gasteiger partial charge is 0.327 e. The number of sulfonamides is 1. The standard InChI is InChI=1S/C14H23N3O4S/c1-11(2)10-16(3)14(18)15-12-6-8-13(9-7-12)22(19,20)17(4)21-5/h6-9,11H,10H2,1-5H3,(H,15,18). The third kappa shape index (κ3) is 4.69. The molecule has 0 aromatic heterocycles. The van der Waals surface area contributed by atoms with E-state index in [1.54, 1.807) is 11.9 Å². The van der Waals surface area contributed by atoms with Gasteiger partial charge in [0, 0.05) is 26.3 Å². The van der Waals surface area contributed by atoms with Crippen molar-refractivity contribution in [1.82, 2.24) is 9.37 Å². The van der Waals surface area contributed by atoms with Crippen LogP contribution in [0.1, 0.15) is 13.8 Å². The van der Waals surface area contributed by atoms with Crippen LogP contribution < -0.4 is 5.32 Å². The van der Waals surface area contributed by atoms with Crippen molar-refractivity contribution in [3.05, 3.63) is 24.3 Å². The first-order valence-electron chi connectivity index (χ1n) is 6.83. The van der Waals surface area contributed by atoms with Crippen molar-refractivity contribution in [1.29, 1.82) is 0 Å². The quantitative estimate of drug-likeness (QED) is 0.810. The Bertz CT molecular complexity index is 599. The number of benzene rings is 1. The highest BCUT2D eigenvalue weighted by molar-refractivity contribution is 7.89. The van der Waals surface area contributed by atoms with Gasteiger partial charge >= 0.3 is 6.03 Å². The summed E-state index contributed by atoms with van der Waals surface area (Å²) in [5.41, 5.74) is 0.527. The number of urea groups is 1. The van der Waals surface area contributed by atoms with Gasteiger partial charge in [-0.15, -0.1) is 0 Å². The number of amides is 2. The number of carbonyl (C=O) groups is 1.